The van der Waals surface area contributed by atoms with Crippen LogP contribution in [0.15, 0.2) is 12.2 Å². The van der Waals surface area contributed by atoms with E-state index in [0.29, 0.717) is 0 Å². The molecule has 3 aliphatic rings. The molecule has 5 heteroatoms. The second-order valence-electron chi connectivity index (χ2n) is 4.46. The van der Waals surface area contributed by atoms with E-state index in [9.17, 15) is 9.59 Å². The second kappa shape index (κ2) is 2.53. The number of hydrogen-bond acceptors (Lipinski definition) is 5. The molecule has 1 saturated carbocycles. The first-order chi connectivity index (χ1) is 7.08. The highest BCUT2D eigenvalue weighted by Gasteiger charge is 2.58. The Morgan fingerprint density at radius 3 is 2.87 bits per heavy atom. The second-order valence-corrected chi connectivity index (χ2v) is 4.46. The number of carbonyl (C=O) groups excluding carboxylic acids is 2. The Morgan fingerprint density at radius 2 is 2.07 bits per heavy atom. The maximum absolute atomic E-state index is 11.1. The zero-order chi connectivity index (χ0) is 10.6. The van der Waals surface area contributed by atoms with Crippen LogP contribution in [0, 0.1) is 11.3 Å². The quantitative estimate of drug-likeness (QED) is 0.345. The molecule has 4 unspecified atom stereocenters. The van der Waals surface area contributed by atoms with Gasteiger partial charge in [-0.3, -0.25) is 0 Å². The van der Waals surface area contributed by atoms with E-state index in [1.165, 1.54) is 0 Å². The molecule has 80 valence electrons. The summed E-state index contributed by atoms with van der Waals surface area (Å²) in [6, 6.07) is 0. The van der Waals surface area contributed by atoms with E-state index in [1.54, 1.807) is 0 Å². The van der Waals surface area contributed by atoms with Crippen LogP contribution < -0.4 is 0 Å². The van der Waals surface area contributed by atoms with Gasteiger partial charge in [-0.25, -0.2) is 9.59 Å². The van der Waals surface area contributed by atoms with Gasteiger partial charge in [0.1, 0.15) is 6.10 Å². The van der Waals surface area contributed by atoms with Crippen LogP contribution in [0.1, 0.15) is 13.3 Å². The van der Waals surface area contributed by atoms with Gasteiger partial charge in [-0.05, 0) is 6.42 Å². The standard InChI is InChI=1S/C10H10O5/c1-10-3-2-5(4-10)6-7(10)14-9(12)15-8(11)13-6/h2-3,5-7H,4H2,1H3. The zero-order valence-corrected chi connectivity index (χ0v) is 8.14. The van der Waals surface area contributed by atoms with Crippen LogP contribution in [0.2, 0.25) is 0 Å². The number of ether oxygens (including phenoxy) is 3. The lowest BCUT2D eigenvalue weighted by atomic mass is 9.87. The Morgan fingerprint density at radius 1 is 1.33 bits per heavy atom. The Bertz CT molecular complexity index is 374. The van der Waals surface area contributed by atoms with E-state index < -0.39 is 18.4 Å². The van der Waals surface area contributed by atoms with Gasteiger partial charge in [-0.1, -0.05) is 19.1 Å². The number of carbonyl (C=O) groups is 2. The summed E-state index contributed by atoms with van der Waals surface area (Å²) in [5.74, 6) is 0.137. The van der Waals surface area contributed by atoms with Crippen LogP contribution in [-0.2, 0) is 14.2 Å². The summed E-state index contributed by atoms with van der Waals surface area (Å²) in [7, 11) is 0. The molecular formula is C10H10O5. The SMILES string of the molecule is CC12C=CC(C1)C1OC(=O)OC(=O)OC12. The minimum atomic E-state index is -0.963. The Labute approximate surface area is 86.0 Å². The molecule has 0 spiro atoms. The third-order valence-corrected chi connectivity index (χ3v) is 3.39. The van der Waals surface area contributed by atoms with Crippen LogP contribution in [0.25, 0.3) is 0 Å². The van der Waals surface area contributed by atoms with E-state index >= 15 is 0 Å². The molecule has 1 aliphatic heterocycles. The zero-order valence-electron chi connectivity index (χ0n) is 8.14. The number of cyclic esters (lactones) is 2. The highest BCUT2D eigenvalue weighted by Crippen LogP contribution is 2.52. The third kappa shape index (κ3) is 1.09. The summed E-state index contributed by atoms with van der Waals surface area (Å²) < 4.78 is 14.4. The van der Waals surface area contributed by atoms with E-state index in [2.05, 4.69) is 4.74 Å². The first kappa shape index (κ1) is 8.76. The fourth-order valence-electron chi connectivity index (χ4n) is 2.71. The maximum Gasteiger partial charge on any atom is 0.519 e. The molecule has 2 fully saturated rings. The molecule has 5 nitrogen and oxygen atoms in total. The van der Waals surface area contributed by atoms with E-state index in [1.807, 2.05) is 19.1 Å². The molecule has 2 aliphatic carbocycles. The molecule has 0 N–H and O–H groups in total. The summed E-state index contributed by atoms with van der Waals surface area (Å²) in [5, 5.41) is 0. The highest BCUT2D eigenvalue weighted by molar-refractivity contribution is 5.78. The molecule has 15 heavy (non-hydrogen) atoms. The fraction of sp³-hybridized carbons (Fsp3) is 0.600. The van der Waals surface area contributed by atoms with Crippen molar-refractivity contribution in [1.82, 2.24) is 0 Å². The predicted molar refractivity (Wildman–Crippen MR) is 47.0 cm³/mol. The summed E-state index contributed by atoms with van der Waals surface area (Å²) in [6.07, 6.45) is 2.15. The van der Waals surface area contributed by atoms with Crippen molar-refractivity contribution in [2.45, 2.75) is 25.6 Å². The predicted octanol–water partition coefficient (Wildman–Crippen LogP) is 1.62. The molecule has 4 atom stereocenters. The smallest absolute Gasteiger partial charge is 0.426 e. The monoisotopic (exact) mass is 210 g/mol. The van der Waals surface area contributed by atoms with E-state index in [4.69, 9.17) is 9.47 Å². The van der Waals surface area contributed by atoms with Crippen LogP contribution in [0.5, 0.6) is 0 Å². The average Bonchev–Trinajstić information content (AvgIpc) is 2.57. The summed E-state index contributed by atoms with van der Waals surface area (Å²) in [6.45, 7) is 1.99. The molecule has 0 aromatic heterocycles. The van der Waals surface area contributed by atoms with Crippen molar-refractivity contribution < 1.29 is 23.8 Å². The van der Waals surface area contributed by atoms with Crippen molar-refractivity contribution >= 4 is 12.3 Å². The van der Waals surface area contributed by atoms with Gasteiger partial charge in [0.05, 0.1) is 0 Å². The van der Waals surface area contributed by atoms with Gasteiger partial charge in [0.25, 0.3) is 0 Å². The largest absolute Gasteiger partial charge is 0.519 e. The van der Waals surface area contributed by atoms with Gasteiger partial charge in [-0.2, -0.15) is 0 Å². The number of hydrogen-bond donors (Lipinski definition) is 0. The molecule has 0 amide bonds. The molecule has 0 aromatic rings. The number of rotatable bonds is 0. The Hall–Kier alpha value is -1.52. The van der Waals surface area contributed by atoms with E-state index in [-0.39, 0.29) is 17.4 Å². The summed E-state index contributed by atoms with van der Waals surface area (Å²) in [4.78, 5) is 22.1. The minimum Gasteiger partial charge on any atom is -0.426 e. The fourth-order valence-corrected chi connectivity index (χ4v) is 2.71. The van der Waals surface area contributed by atoms with Gasteiger partial charge in [0.15, 0.2) is 6.10 Å². The minimum absolute atomic E-state index is 0.137. The lowest BCUT2D eigenvalue weighted by Crippen LogP contribution is -2.39. The maximum atomic E-state index is 11.1. The van der Waals surface area contributed by atoms with Crippen molar-refractivity contribution in [2.24, 2.45) is 11.3 Å². The Kier molecular flexibility index (Phi) is 1.48. The van der Waals surface area contributed by atoms with Crippen LogP contribution >= 0.6 is 0 Å². The van der Waals surface area contributed by atoms with Gasteiger partial charge < -0.3 is 14.2 Å². The molecule has 2 bridgehead atoms. The van der Waals surface area contributed by atoms with Crippen LogP contribution in [0.3, 0.4) is 0 Å². The van der Waals surface area contributed by atoms with Gasteiger partial charge >= 0.3 is 12.3 Å². The van der Waals surface area contributed by atoms with E-state index in [0.717, 1.165) is 6.42 Å². The molecule has 0 aromatic carbocycles. The topological polar surface area (TPSA) is 61.8 Å². The highest BCUT2D eigenvalue weighted by atomic mass is 16.8. The summed E-state index contributed by atoms with van der Waals surface area (Å²) >= 11 is 0. The van der Waals surface area contributed by atoms with Crippen LogP contribution in [-0.4, -0.2) is 24.5 Å². The number of fused-ring (bicyclic) bond motifs is 5. The first-order valence-electron chi connectivity index (χ1n) is 4.87. The lowest BCUT2D eigenvalue weighted by molar-refractivity contribution is -0.0122. The molecule has 1 saturated heterocycles. The van der Waals surface area contributed by atoms with Gasteiger partial charge in [0, 0.05) is 11.3 Å². The first-order valence-corrected chi connectivity index (χ1v) is 4.87. The van der Waals surface area contributed by atoms with Crippen molar-refractivity contribution in [3.05, 3.63) is 12.2 Å². The molecule has 0 radical (unpaired) electrons. The summed E-state index contributed by atoms with van der Waals surface area (Å²) in [5.41, 5.74) is -0.223. The molecule has 1 heterocycles. The Balaban J connectivity index is 1.97. The lowest BCUT2D eigenvalue weighted by Gasteiger charge is -2.29. The molecule has 3 rings (SSSR count). The van der Waals surface area contributed by atoms with Crippen molar-refractivity contribution in [3.8, 4) is 0 Å². The van der Waals surface area contributed by atoms with Gasteiger partial charge in [-0.15, -0.1) is 0 Å². The van der Waals surface area contributed by atoms with Crippen molar-refractivity contribution in [2.75, 3.05) is 0 Å². The van der Waals surface area contributed by atoms with Crippen molar-refractivity contribution in [3.63, 3.8) is 0 Å². The normalized spacial score (nSPS) is 46.6. The van der Waals surface area contributed by atoms with Gasteiger partial charge in [0.2, 0.25) is 0 Å². The van der Waals surface area contributed by atoms with Crippen molar-refractivity contribution in [1.29, 1.82) is 0 Å². The third-order valence-electron chi connectivity index (χ3n) is 3.39. The molecular weight excluding hydrogens is 200 g/mol. The average molecular weight is 210 g/mol. The van der Waals surface area contributed by atoms with Crippen LogP contribution in [0.4, 0.5) is 9.59 Å².